The molecule has 120 valence electrons. The van der Waals surface area contributed by atoms with Crippen molar-refractivity contribution in [3.8, 4) is 17.5 Å². The summed E-state index contributed by atoms with van der Waals surface area (Å²) in [6.07, 6.45) is 1.62. The van der Waals surface area contributed by atoms with Gasteiger partial charge in [0.2, 0.25) is 0 Å². The fourth-order valence-corrected chi connectivity index (χ4v) is 2.64. The molecule has 0 fully saturated rings. The van der Waals surface area contributed by atoms with Crippen LogP contribution in [0, 0.1) is 12.7 Å². The number of nitrogens with one attached hydrogen (secondary N) is 1. The highest BCUT2D eigenvalue weighted by Gasteiger charge is 2.13. The molecule has 0 aliphatic heterocycles. The molecule has 5 nitrogen and oxygen atoms in total. The summed E-state index contributed by atoms with van der Waals surface area (Å²) in [5, 5.41) is 1.30. The molecule has 4 aromatic rings. The van der Waals surface area contributed by atoms with Gasteiger partial charge < -0.3 is 14.5 Å². The Kier molecular flexibility index (Phi) is 3.30. The number of benzene rings is 2. The number of aryl methyl sites for hydroxylation is 1. The summed E-state index contributed by atoms with van der Waals surface area (Å²) in [7, 11) is 1.60. The fraction of sp³-hybridized carbons (Fsp3) is 0.111. The number of methoxy groups -OCH3 is 1. The van der Waals surface area contributed by atoms with Gasteiger partial charge in [-0.1, -0.05) is 0 Å². The topological polar surface area (TPSA) is 60.0 Å². The standard InChI is InChI=1S/C18H14FN3O2/c1-10-7-13-15(21-10)5-6-16(17(13)19)24-18-20-9-11-8-12(23-2)3-4-14(11)22-18/h3-9,21H,1-2H3. The monoisotopic (exact) mass is 323 g/mol. The van der Waals surface area contributed by atoms with Gasteiger partial charge in [0.25, 0.3) is 0 Å². The molecule has 0 spiro atoms. The van der Waals surface area contributed by atoms with E-state index >= 15 is 0 Å². The Hall–Kier alpha value is -3.15. The maximum Gasteiger partial charge on any atom is 0.322 e. The van der Waals surface area contributed by atoms with Gasteiger partial charge in [0.1, 0.15) is 5.75 Å². The molecule has 1 N–H and O–H groups in total. The molecule has 4 rings (SSSR count). The van der Waals surface area contributed by atoms with E-state index in [2.05, 4.69) is 15.0 Å². The van der Waals surface area contributed by atoms with Crippen LogP contribution in [0.1, 0.15) is 5.69 Å². The summed E-state index contributed by atoms with van der Waals surface area (Å²) in [5.41, 5.74) is 2.31. The Bertz CT molecular complexity index is 1060. The first-order valence-corrected chi connectivity index (χ1v) is 7.40. The van der Waals surface area contributed by atoms with Crippen molar-refractivity contribution in [1.29, 1.82) is 0 Å². The maximum atomic E-state index is 14.6. The van der Waals surface area contributed by atoms with Gasteiger partial charge in [-0.25, -0.2) is 9.37 Å². The molecule has 0 radical (unpaired) electrons. The smallest absolute Gasteiger partial charge is 0.322 e. The summed E-state index contributed by atoms with van der Waals surface area (Å²) in [4.78, 5) is 11.5. The molecule has 0 amide bonds. The van der Waals surface area contributed by atoms with Crippen molar-refractivity contribution in [3.63, 3.8) is 0 Å². The van der Waals surface area contributed by atoms with Gasteiger partial charge >= 0.3 is 6.01 Å². The Balaban J connectivity index is 1.72. The van der Waals surface area contributed by atoms with Crippen molar-refractivity contribution in [2.24, 2.45) is 0 Å². The van der Waals surface area contributed by atoms with Crippen LogP contribution < -0.4 is 9.47 Å². The lowest BCUT2D eigenvalue weighted by molar-refractivity contribution is 0.413. The molecular weight excluding hydrogens is 309 g/mol. The third-order valence-electron chi connectivity index (χ3n) is 3.80. The number of ether oxygens (including phenoxy) is 2. The number of nitrogens with zero attached hydrogens (tertiary/aromatic N) is 2. The number of hydrogen-bond acceptors (Lipinski definition) is 4. The van der Waals surface area contributed by atoms with Gasteiger partial charge in [-0.15, -0.1) is 0 Å². The van der Waals surface area contributed by atoms with Crippen molar-refractivity contribution in [2.75, 3.05) is 7.11 Å². The lowest BCUT2D eigenvalue weighted by atomic mass is 10.2. The summed E-state index contributed by atoms with van der Waals surface area (Å²) in [5.74, 6) is 0.378. The highest BCUT2D eigenvalue weighted by atomic mass is 19.1. The van der Waals surface area contributed by atoms with Gasteiger partial charge in [-0.05, 0) is 43.3 Å². The van der Waals surface area contributed by atoms with E-state index in [1.54, 1.807) is 43.6 Å². The molecule has 2 aromatic heterocycles. The minimum absolute atomic E-state index is 0.0920. The minimum atomic E-state index is -0.435. The predicted octanol–water partition coefficient (Wildman–Crippen LogP) is 4.36. The largest absolute Gasteiger partial charge is 0.497 e. The number of aromatic nitrogens is 3. The van der Waals surface area contributed by atoms with Crippen LogP contribution in [-0.4, -0.2) is 22.1 Å². The first-order valence-electron chi connectivity index (χ1n) is 7.40. The Morgan fingerprint density at radius 3 is 2.83 bits per heavy atom. The molecule has 0 aliphatic rings. The zero-order valence-electron chi connectivity index (χ0n) is 13.1. The van der Waals surface area contributed by atoms with Crippen LogP contribution in [0.2, 0.25) is 0 Å². The van der Waals surface area contributed by atoms with Gasteiger partial charge in [0, 0.05) is 28.2 Å². The second kappa shape index (κ2) is 5.49. The summed E-state index contributed by atoms with van der Waals surface area (Å²) in [6, 6.07) is 10.6. The van der Waals surface area contributed by atoms with Crippen LogP contribution in [0.15, 0.2) is 42.6 Å². The number of H-pyrrole nitrogens is 1. The van der Waals surface area contributed by atoms with Gasteiger partial charge in [-0.2, -0.15) is 4.98 Å². The highest BCUT2D eigenvalue weighted by molar-refractivity contribution is 5.83. The number of halogens is 1. The summed E-state index contributed by atoms with van der Waals surface area (Å²) < 4.78 is 25.3. The van der Waals surface area contributed by atoms with E-state index in [9.17, 15) is 4.39 Å². The molecule has 0 saturated carbocycles. The second-order valence-corrected chi connectivity index (χ2v) is 5.47. The highest BCUT2D eigenvalue weighted by Crippen LogP contribution is 2.30. The zero-order valence-corrected chi connectivity index (χ0v) is 13.1. The lowest BCUT2D eigenvalue weighted by Gasteiger charge is -2.07. The molecule has 24 heavy (non-hydrogen) atoms. The molecule has 0 bridgehead atoms. The molecule has 2 heterocycles. The molecular formula is C18H14FN3O2. The summed E-state index contributed by atoms with van der Waals surface area (Å²) >= 11 is 0. The van der Waals surface area contributed by atoms with E-state index in [0.717, 1.165) is 22.3 Å². The average molecular weight is 323 g/mol. The number of rotatable bonds is 3. The normalized spacial score (nSPS) is 11.1. The molecule has 0 saturated heterocycles. The third kappa shape index (κ3) is 2.42. The molecule has 0 aliphatic carbocycles. The Morgan fingerprint density at radius 1 is 1.12 bits per heavy atom. The maximum absolute atomic E-state index is 14.6. The van der Waals surface area contributed by atoms with E-state index in [4.69, 9.17) is 9.47 Å². The zero-order chi connectivity index (χ0) is 16.7. The third-order valence-corrected chi connectivity index (χ3v) is 3.80. The minimum Gasteiger partial charge on any atom is -0.497 e. The van der Waals surface area contributed by atoms with E-state index in [0.29, 0.717) is 10.9 Å². The second-order valence-electron chi connectivity index (χ2n) is 5.47. The van der Waals surface area contributed by atoms with Crippen molar-refractivity contribution >= 4 is 21.8 Å². The summed E-state index contributed by atoms with van der Waals surface area (Å²) in [6.45, 7) is 1.88. The number of aromatic amines is 1. The van der Waals surface area contributed by atoms with Gasteiger partial charge in [-0.3, -0.25) is 0 Å². The van der Waals surface area contributed by atoms with E-state index in [1.165, 1.54) is 0 Å². The van der Waals surface area contributed by atoms with Crippen LogP contribution in [0.4, 0.5) is 4.39 Å². The van der Waals surface area contributed by atoms with Crippen molar-refractivity contribution < 1.29 is 13.9 Å². The number of hydrogen-bond donors (Lipinski definition) is 1. The predicted molar refractivity (Wildman–Crippen MR) is 89.2 cm³/mol. The van der Waals surface area contributed by atoms with E-state index in [1.807, 2.05) is 13.0 Å². The SMILES string of the molecule is COc1ccc2nc(Oc3ccc4[nH]c(C)cc4c3F)ncc2c1. The number of fused-ring (bicyclic) bond motifs is 2. The van der Waals surface area contributed by atoms with Crippen LogP contribution in [0.3, 0.4) is 0 Å². The van der Waals surface area contributed by atoms with Gasteiger partial charge in [0.15, 0.2) is 11.6 Å². The average Bonchev–Trinajstić information content (AvgIpc) is 2.98. The molecule has 0 unspecified atom stereocenters. The molecule has 2 aromatic carbocycles. The van der Waals surface area contributed by atoms with Crippen LogP contribution in [0.25, 0.3) is 21.8 Å². The van der Waals surface area contributed by atoms with E-state index in [-0.39, 0.29) is 11.8 Å². The Morgan fingerprint density at radius 2 is 2.00 bits per heavy atom. The Labute approximate surface area is 137 Å². The molecule has 0 atom stereocenters. The van der Waals surface area contributed by atoms with Crippen molar-refractivity contribution in [2.45, 2.75) is 6.92 Å². The van der Waals surface area contributed by atoms with Crippen molar-refractivity contribution in [1.82, 2.24) is 15.0 Å². The van der Waals surface area contributed by atoms with Crippen LogP contribution >= 0.6 is 0 Å². The van der Waals surface area contributed by atoms with Gasteiger partial charge in [0.05, 0.1) is 12.6 Å². The first-order chi connectivity index (χ1) is 11.6. The quantitative estimate of drug-likeness (QED) is 0.608. The van der Waals surface area contributed by atoms with Crippen LogP contribution in [0.5, 0.6) is 17.5 Å². The van der Waals surface area contributed by atoms with Crippen molar-refractivity contribution in [3.05, 3.63) is 54.1 Å². The fourth-order valence-electron chi connectivity index (χ4n) is 2.64. The van der Waals surface area contributed by atoms with Crippen LogP contribution in [-0.2, 0) is 0 Å². The first kappa shape index (κ1) is 14.4. The lowest BCUT2D eigenvalue weighted by Crippen LogP contribution is -1.95. The molecule has 6 heteroatoms. The van der Waals surface area contributed by atoms with E-state index < -0.39 is 5.82 Å².